The fraction of sp³-hybridized carbons (Fsp3) is 0.214. The van der Waals surface area contributed by atoms with E-state index in [1.165, 1.54) is 6.33 Å². The van der Waals surface area contributed by atoms with Crippen molar-refractivity contribution in [3.63, 3.8) is 0 Å². The minimum atomic E-state index is -0.116. The molecule has 3 aromatic rings. The lowest BCUT2D eigenvalue weighted by Gasteiger charge is -2.02. The molecule has 0 aliphatic heterocycles. The molecule has 19 heavy (non-hydrogen) atoms. The quantitative estimate of drug-likeness (QED) is 0.727. The maximum Gasteiger partial charge on any atom is 0.260 e. The summed E-state index contributed by atoms with van der Waals surface area (Å²) in [5, 5.41) is 0.622. The molecule has 0 saturated heterocycles. The average Bonchev–Trinajstić information content (AvgIpc) is 2.81. The van der Waals surface area contributed by atoms with Crippen LogP contribution < -0.4 is 5.56 Å². The number of aromatic amines is 1. The Morgan fingerprint density at radius 3 is 2.79 bits per heavy atom. The maximum atomic E-state index is 11.7. The molecule has 0 aliphatic rings. The molecule has 3 heterocycles. The first-order valence-corrected chi connectivity index (χ1v) is 6.23. The van der Waals surface area contributed by atoms with E-state index in [1.807, 2.05) is 43.7 Å². The van der Waals surface area contributed by atoms with Crippen molar-refractivity contribution in [2.75, 3.05) is 0 Å². The zero-order valence-electron chi connectivity index (χ0n) is 11.2. The Kier molecular flexibility index (Phi) is 3.75. The van der Waals surface area contributed by atoms with Crippen LogP contribution in [0.4, 0.5) is 0 Å². The monoisotopic (exact) mass is 256 g/mol. The highest BCUT2D eigenvalue weighted by atomic mass is 16.1. The van der Waals surface area contributed by atoms with E-state index in [2.05, 4.69) is 15.0 Å². The van der Waals surface area contributed by atoms with Crippen LogP contribution >= 0.6 is 0 Å². The van der Waals surface area contributed by atoms with Crippen LogP contribution in [0.3, 0.4) is 0 Å². The summed E-state index contributed by atoms with van der Waals surface area (Å²) >= 11 is 0. The van der Waals surface area contributed by atoms with Crippen molar-refractivity contribution in [2.24, 2.45) is 0 Å². The molecule has 0 aliphatic carbocycles. The standard InChI is InChI=1S/C12H10N4O.C2H6/c1-8-6-16(9-3-2-4-13-5-9)11-10(8)12(17)15-7-14-11;1-2/h2-7H,1H3,(H,14,15,17);1-2H3. The van der Waals surface area contributed by atoms with Crippen molar-refractivity contribution < 1.29 is 0 Å². The van der Waals surface area contributed by atoms with Gasteiger partial charge in [-0.1, -0.05) is 13.8 Å². The second-order valence-electron chi connectivity index (χ2n) is 3.82. The highest BCUT2D eigenvalue weighted by Gasteiger charge is 2.10. The summed E-state index contributed by atoms with van der Waals surface area (Å²) in [5.41, 5.74) is 2.33. The Labute approximate surface area is 111 Å². The molecule has 3 rings (SSSR count). The van der Waals surface area contributed by atoms with Gasteiger partial charge in [0.1, 0.15) is 0 Å². The fourth-order valence-corrected chi connectivity index (χ4v) is 1.94. The smallest absolute Gasteiger partial charge is 0.260 e. The van der Waals surface area contributed by atoms with E-state index in [9.17, 15) is 4.79 Å². The van der Waals surface area contributed by atoms with Crippen LogP contribution in [0.25, 0.3) is 16.7 Å². The van der Waals surface area contributed by atoms with Crippen LogP contribution in [-0.4, -0.2) is 19.5 Å². The molecule has 0 atom stereocenters. The lowest BCUT2D eigenvalue weighted by atomic mass is 10.3. The van der Waals surface area contributed by atoms with Crippen LogP contribution in [-0.2, 0) is 0 Å². The second-order valence-corrected chi connectivity index (χ2v) is 3.82. The highest BCUT2D eigenvalue weighted by Crippen LogP contribution is 2.18. The first-order chi connectivity index (χ1) is 9.27. The molecule has 98 valence electrons. The molecular formula is C14H16N4O. The Hall–Kier alpha value is -2.43. The molecule has 0 saturated carbocycles. The number of nitrogens with one attached hydrogen (secondary N) is 1. The number of hydrogen-bond acceptors (Lipinski definition) is 3. The zero-order chi connectivity index (χ0) is 13.8. The number of aryl methyl sites for hydroxylation is 1. The lowest BCUT2D eigenvalue weighted by molar-refractivity contribution is 1.05. The summed E-state index contributed by atoms with van der Waals surface area (Å²) in [7, 11) is 0. The van der Waals surface area contributed by atoms with Crippen LogP contribution in [0.1, 0.15) is 19.4 Å². The van der Waals surface area contributed by atoms with Crippen LogP contribution in [0, 0.1) is 6.92 Å². The molecule has 0 radical (unpaired) electrons. The Morgan fingerprint density at radius 2 is 2.11 bits per heavy atom. The topological polar surface area (TPSA) is 63.6 Å². The number of H-pyrrole nitrogens is 1. The van der Waals surface area contributed by atoms with Crippen molar-refractivity contribution in [3.8, 4) is 5.69 Å². The van der Waals surface area contributed by atoms with Gasteiger partial charge in [-0.05, 0) is 24.6 Å². The number of hydrogen-bond donors (Lipinski definition) is 1. The van der Waals surface area contributed by atoms with Gasteiger partial charge in [-0.15, -0.1) is 0 Å². The normalized spacial score (nSPS) is 10.1. The predicted octanol–water partition coefficient (Wildman–Crippen LogP) is 2.44. The van der Waals surface area contributed by atoms with Crippen molar-refractivity contribution in [2.45, 2.75) is 20.8 Å². The van der Waals surface area contributed by atoms with Gasteiger partial charge in [-0.3, -0.25) is 14.3 Å². The summed E-state index contributed by atoms with van der Waals surface area (Å²) in [4.78, 5) is 22.6. The SMILES string of the molecule is CC.Cc1cn(-c2cccnc2)c2nc[nH]c(=O)c12. The van der Waals surface area contributed by atoms with E-state index in [-0.39, 0.29) is 5.56 Å². The van der Waals surface area contributed by atoms with Crippen LogP contribution in [0.15, 0.2) is 41.8 Å². The summed E-state index contributed by atoms with van der Waals surface area (Å²) in [6.07, 6.45) is 6.75. The van der Waals surface area contributed by atoms with Gasteiger partial charge >= 0.3 is 0 Å². The van der Waals surface area contributed by atoms with Gasteiger partial charge in [0.15, 0.2) is 5.65 Å². The highest BCUT2D eigenvalue weighted by molar-refractivity contribution is 5.80. The minimum absolute atomic E-state index is 0.116. The molecule has 0 amide bonds. The van der Waals surface area contributed by atoms with Gasteiger partial charge in [0.25, 0.3) is 5.56 Å². The largest absolute Gasteiger partial charge is 0.312 e. The van der Waals surface area contributed by atoms with E-state index in [0.29, 0.717) is 11.0 Å². The lowest BCUT2D eigenvalue weighted by Crippen LogP contribution is -2.07. The van der Waals surface area contributed by atoms with E-state index in [0.717, 1.165) is 11.3 Å². The van der Waals surface area contributed by atoms with E-state index in [4.69, 9.17) is 0 Å². The summed E-state index contributed by atoms with van der Waals surface area (Å²) < 4.78 is 1.87. The van der Waals surface area contributed by atoms with Crippen molar-refractivity contribution >= 4 is 11.0 Å². The molecule has 1 N–H and O–H groups in total. The molecule has 0 unspecified atom stereocenters. The molecule has 0 fully saturated rings. The summed E-state index contributed by atoms with van der Waals surface area (Å²) in [5.74, 6) is 0. The predicted molar refractivity (Wildman–Crippen MR) is 75.6 cm³/mol. The minimum Gasteiger partial charge on any atom is -0.312 e. The molecular weight excluding hydrogens is 240 g/mol. The number of rotatable bonds is 1. The molecule has 0 bridgehead atoms. The summed E-state index contributed by atoms with van der Waals surface area (Å²) in [6, 6.07) is 3.78. The first kappa shape index (κ1) is 13.0. The molecule has 5 heteroatoms. The van der Waals surface area contributed by atoms with Crippen LogP contribution in [0.2, 0.25) is 0 Å². The number of pyridine rings is 1. The Bertz CT molecular complexity index is 728. The number of aromatic nitrogens is 4. The Balaban J connectivity index is 0.000000637. The third-order valence-corrected chi connectivity index (χ3v) is 2.70. The van der Waals surface area contributed by atoms with E-state index < -0.39 is 0 Å². The third-order valence-electron chi connectivity index (χ3n) is 2.70. The third kappa shape index (κ3) is 2.27. The number of nitrogens with zero attached hydrogens (tertiary/aromatic N) is 3. The van der Waals surface area contributed by atoms with Crippen molar-refractivity contribution in [3.05, 3.63) is 53.0 Å². The zero-order valence-corrected chi connectivity index (χ0v) is 11.2. The Morgan fingerprint density at radius 1 is 1.32 bits per heavy atom. The molecule has 5 nitrogen and oxygen atoms in total. The van der Waals surface area contributed by atoms with Gasteiger partial charge in [-0.2, -0.15) is 0 Å². The van der Waals surface area contributed by atoms with Gasteiger partial charge < -0.3 is 4.98 Å². The van der Waals surface area contributed by atoms with Gasteiger partial charge in [0, 0.05) is 12.4 Å². The van der Waals surface area contributed by atoms with Crippen molar-refractivity contribution in [1.29, 1.82) is 0 Å². The van der Waals surface area contributed by atoms with Gasteiger partial charge in [0.05, 0.1) is 23.6 Å². The molecule has 0 aromatic carbocycles. The average molecular weight is 256 g/mol. The van der Waals surface area contributed by atoms with E-state index in [1.54, 1.807) is 12.4 Å². The fourth-order valence-electron chi connectivity index (χ4n) is 1.94. The number of fused-ring (bicyclic) bond motifs is 1. The van der Waals surface area contributed by atoms with Gasteiger partial charge in [-0.25, -0.2) is 4.98 Å². The van der Waals surface area contributed by atoms with Crippen molar-refractivity contribution in [1.82, 2.24) is 19.5 Å². The maximum absolute atomic E-state index is 11.7. The second kappa shape index (κ2) is 5.48. The van der Waals surface area contributed by atoms with Crippen LogP contribution in [0.5, 0.6) is 0 Å². The summed E-state index contributed by atoms with van der Waals surface area (Å²) in [6.45, 7) is 5.89. The first-order valence-electron chi connectivity index (χ1n) is 6.23. The van der Waals surface area contributed by atoms with Gasteiger partial charge in [0.2, 0.25) is 0 Å². The molecule has 0 spiro atoms. The van der Waals surface area contributed by atoms with E-state index >= 15 is 0 Å². The molecule has 3 aromatic heterocycles.